The third-order valence-electron chi connectivity index (χ3n) is 2.90. The lowest BCUT2D eigenvalue weighted by atomic mass is 9.91. The molecule has 0 saturated carbocycles. The van der Waals surface area contributed by atoms with Gasteiger partial charge in [-0.25, -0.2) is 0 Å². The summed E-state index contributed by atoms with van der Waals surface area (Å²) in [5.41, 5.74) is 1.51. The van der Waals surface area contributed by atoms with Crippen molar-refractivity contribution in [2.75, 3.05) is 20.1 Å². The predicted molar refractivity (Wildman–Crippen MR) is 67.3 cm³/mol. The molecule has 1 aromatic rings. The second kappa shape index (κ2) is 6.62. The molecular weight excluding hydrogens is 182 g/mol. The van der Waals surface area contributed by atoms with Gasteiger partial charge in [0.25, 0.3) is 0 Å². The van der Waals surface area contributed by atoms with Gasteiger partial charge in [0.1, 0.15) is 0 Å². The number of nitrogens with zero attached hydrogens (tertiary/aromatic N) is 1. The van der Waals surface area contributed by atoms with Crippen LogP contribution < -0.4 is 0 Å². The number of rotatable bonds is 1. The maximum absolute atomic E-state index is 2.43. The summed E-state index contributed by atoms with van der Waals surface area (Å²) in [4.78, 5) is 2.43. The molecule has 1 atom stereocenters. The van der Waals surface area contributed by atoms with Crippen LogP contribution in [0, 0.1) is 0 Å². The monoisotopic (exact) mass is 205 g/mol. The first-order chi connectivity index (χ1) is 7.36. The molecule has 1 heterocycles. The van der Waals surface area contributed by atoms with Gasteiger partial charge in [-0.1, -0.05) is 44.2 Å². The van der Waals surface area contributed by atoms with Crippen molar-refractivity contribution in [1.29, 1.82) is 0 Å². The lowest BCUT2D eigenvalue weighted by molar-refractivity contribution is 0.251. The Labute approximate surface area is 94.1 Å². The van der Waals surface area contributed by atoms with Crippen LogP contribution in [-0.4, -0.2) is 25.0 Å². The van der Waals surface area contributed by atoms with Gasteiger partial charge in [0.05, 0.1) is 0 Å². The molecule has 0 N–H and O–H groups in total. The van der Waals surface area contributed by atoms with Crippen LogP contribution in [-0.2, 0) is 0 Å². The lowest BCUT2D eigenvalue weighted by Gasteiger charge is -2.29. The van der Waals surface area contributed by atoms with E-state index in [-0.39, 0.29) is 0 Å². The first-order valence-electron chi connectivity index (χ1n) is 6.10. The molecule has 0 aliphatic carbocycles. The summed E-state index contributed by atoms with van der Waals surface area (Å²) in [5.74, 6) is 0.764. The molecule has 0 radical (unpaired) electrons. The van der Waals surface area contributed by atoms with Crippen LogP contribution >= 0.6 is 0 Å². The van der Waals surface area contributed by atoms with E-state index in [1.165, 1.54) is 31.5 Å². The van der Waals surface area contributed by atoms with Gasteiger partial charge in [-0.05, 0) is 37.9 Å². The molecule has 1 saturated heterocycles. The molecule has 1 fully saturated rings. The van der Waals surface area contributed by atoms with Crippen LogP contribution in [0.1, 0.15) is 38.2 Å². The second-order valence-corrected chi connectivity index (χ2v) is 4.01. The normalized spacial score (nSPS) is 21.7. The quantitative estimate of drug-likeness (QED) is 0.678. The Balaban J connectivity index is 0.000000531. The fourth-order valence-electron chi connectivity index (χ4n) is 2.16. The van der Waals surface area contributed by atoms with Crippen LogP contribution in [0.5, 0.6) is 0 Å². The number of likely N-dealkylation sites (N-methyl/N-ethyl adjacent to an activating group) is 1. The highest BCUT2D eigenvalue weighted by atomic mass is 15.1. The van der Waals surface area contributed by atoms with Crippen molar-refractivity contribution >= 4 is 0 Å². The minimum Gasteiger partial charge on any atom is -0.306 e. The zero-order valence-electron chi connectivity index (χ0n) is 10.2. The lowest BCUT2D eigenvalue weighted by Crippen LogP contribution is -2.30. The van der Waals surface area contributed by atoms with E-state index >= 15 is 0 Å². The molecule has 15 heavy (non-hydrogen) atoms. The molecule has 1 aromatic carbocycles. The summed E-state index contributed by atoms with van der Waals surface area (Å²) in [7, 11) is 2.22. The van der Waals surface area contributed by atoms with E-state index in [0.29, 0.717) is 0 Å². The van der Waals surface area contributed by atoms with E-state index in [2.05, 4.69) is 42.3 Å². The van der Waals surface area contributed by atoms with Crippen LogP contribution in [0.3, 0.4) is 0 Å². The third kappa shape index (κ3) is 3.67. The van der Waals surface area contributed by atoms with Crippen LogP contribution in [0.4, 0.5) is 0 Å². The molecule has 0 bridgehead atoms. The summed E-state index contributed by atoms with van der Waals surface area (Å²) in [6.45, 7) is 6.49. The predicted octanol–water partition coefficient (Wildman–Crippen LogP) is 3.52. The van der Waals surface area contributed by atoms with Crippen molar-refractivity contribution in [2.45, 2.75) is 32.6 Å². The van der Waals surface area contributed by atoms with Gasteiger partial charge in [-0.15, -0.1) is 0 Å². The minimum absolute atomic E-state index is 0.764. The van der Waals surface area contributed by atoms with Gasteiger partial charge in [-0.2, -0.15) is 0 Å². The smallest absolute Gasteiger partial charge is 0.00472 e. The zero-order valence-corrected chi connectivity index (χ0v) is 10.2. The molecule has 0 amide bonds. The maximum atomic E-state index is 2.43. The Morgan fingerprint density at radius 1 is 1.13 bits per heavy atom. The standard InChI is InChI=1S/C12H17N.C2H6/c1-13-9-5-8-12(10-13)11-6-3-2-4-7-11;1-2/h2-4,6-7,12H,5,8-10H2,1H3;1-2H3. The van der Waals surface area contributed by atoms with Gasteiger partial charge in [0.2, 0.25) is 0 Å². The Kier molecular flexibility index (Phi) is 5.41. The fourth-order valence-corrected chi connectivity index (χ4v) is 2.16. The molecule has 2 rings (SSSR count). The number of piperidine rings is 1. The van der Waals surface area contributed by atoms with Gasteiger partial charge in [0, 0.05) is 6.54 Å². The van der Waals surface area contributed by atoms with E-state index in [4.69, 9.17) is 0 Å². The number of hydrogen-bond donors (Lipinski definition) is 0. The van der Waals surface area contributed by atoms with Gasteiger partial charge in [0.15, 0.2) is 0 Å². The maximum Gasteiger partial charge on any atom is 0.00472 e. The highest BCUT2D eigenvalue weighted by Crippen LogP contribution is 2.25. The van der Waals surface area contributed by atoms with Crippen LogP contribution in [0.25, 0.3) is 0 Å². The molecule has 1 heteroatoms. The molecule has 1 aliphatic rings. The average molecular weight is 205 g/mol. The minimum atomic E-state index is 0.764. The van der Waals surface area contributed by atoms with Crippen LogP contribution in [0.2, 0.25) is 0 Å². The zero-order chi connectivity index (χ0) is 11.1. The Morgan fingerprint density at radius 2 is 1.80 bits per heavy atom. The largest absolute Gasteiger partial charge is 0.306 e. The van der Waals surface area contributed by atoms with Gasteiger partial charge >= 0.3 is 0 Å². The van der Waals surface area contributed by atoms with Crippen molar-refractivity contribution in [3.05, 3.63) is 35.9 Å². The SMILES string of the molecule is CC.CN1CCCC(c2ccccc2)C1. The third-order valence-corrected chi connectivity index (χ3v) is 2.90. The molecule has 1 aliphatic heterocycles. The van der Waals surface area contributed by atoms with E-state index in [1.807, 2.05) is 13.8 Å². The molecule has 1 unspecified atom stereocenters. The second-order valence-electron chi connectivity index (χ2n) is 4.01. The average Bonchev–Trinajstić information content (AvgIpc) is 2.33. The number of hydrogen-bond acceptors (Lipinski definition) is 1. The summed E-state index contributed by atoms with van der Waals surface area (Å²) < 4.78 is 0. The van der Waals surface area contributed by atoms with E-state index in [1.54, 1.807) is 0 Å². The fraction of sp³-hybridized carbons (Fsp3) is 0.571. The molecule has 0 aromatic heterocycles. The Hall–Kier alpha value is -0.820. The van der Waals surface area contributed by atoms with Crippen molar-refractivity contribution in [1.82, 2.24) is 4.90 Å². The highest BCUT2D eigenvalue weighted by molar-refractivity contribution is 5.20. The summed E-state index contributed by atoms with van der Waals surface area (Å²) >= 11 is 0. The molecule has 1 nitrogen and oxygen atoms in total. The van der Waals surface area contributed by atoms with Crippen LogP contribution in [0.15, 0.2) is 30.3 Å². The van der Waals surface area contributed by atoms with Gasteiger partial charge in [-0.3, -0.25) is 0 Å². The van der Waals surface area contributed by atoms with Crippen molar-refractivity contribution in [2.24, 2.45) is 0 Å². The first-order valence-corrected chi connectivity index (χ1v) is 6.10. The Bertz CT molecular complexity index is 255. The van der Waals surface area contributed by atoms with Crippen molar-refractivity contribution < 1.29 is 0 Å². The van der Waals surface area contributed by atoms with E-state index in [0.717, 1.165) is 5.92 Å². The van der Waals surface area contributed by atoms with Crippen molar-refractivity contribution in [3.63, 3.8) is 0 Å². The Morgan fingerprint density at radius 3 is 2.40 bits per heavy atom. The number of benzene rings is 1. The number of likely N-dealkylation sites (tertiary alicyclic amines) is 1. The summed E-state index contributed by atoms with van der Waals surface area (Å²) in [5, 5.41) is 0. The van der Waals surface area contributed by atoms with E-state index < -0.39 is 0 Å². The van der Waals surface area contributed by atoms with Gasteiger partial charge < -0.3 is 4.90 Å². The topological polar surface area (TPSA) is 3.24 Å². The molecular formula is C14H23N. The summed E-state index contributed by atoms with van der Waals surface area (Å²) in [6, 6.07) is 10.9. The summed E-state index contributed by atoms with van der Waals surface area (Å²) in [6.07, 6.45) is 2.70. The molecule has 0 spiro atoms. The molecule has 84 valence electrons. The first kappa shape index (κ1) is 12.3. The highest BCUT2D eigenvalue weighted by Gasteiger charge is 2.17. The van der Waals surface area contributed by atoms with Crippen molar-refractivity contribution in [3.8, 4) is 0 Å². The van der Waals surface area contributed by atoms with E-state index in [9.17, 15) is 0 Å².